The van der Waals surface area contributed by atoms with Crippen LogP contribution in [0.15, 0.2) is 76.4 Å². The number of fused-ring (bicyclic) bond motifs is 2. The maximum Gasteiger partial charge on any atom is 0.191 e. The lowest BCUT2D eigenvalue weighted by atomic mass is 9.76. The molecule has 8 heterocycles. The first-order valence-corrected chi connectivity index (χ1v) is 24.6. The molecule has 0 saturated carbocycles. The van der Waals surface area contributed by atoms with Crippen LogP contribution < -0.4 is 20.4 Å². The van der Waals surface area contributed by atoms with Crippen molar-refractivity contribution >= 4 is 54.7 Å². The number of benzene rings is 2. The fourth-order valence-corrected chi connectivity index (χ4v) is 12.8. The number of hydrogen-bond donors (Lipinski definition) is 3. The summed E-state index contributed by atoms with van der Waals surface area (Å²) in [5.41, 5.74) is 13.0. The van der Waals surface area contributed by atoms with Gasteiger partial charge >= 0.3 is 0 Å². The van der Waals surface area contributed by atoms with Crippen LogP contribution in [0.3, 0.4) is 0 Å². The molecule has 2 aromatic carbocycles. The van der Waals surface area contributed by atoms with E-state index < -0.39 is 0 Å². The first-order valence-electron chi connectivity index (χ1n) is 22.9. The normalized spacial score (nSPS) is 20.5. The van der Waals surface area contributed by atoms with E-state index in [-0.39, 0.29) is 34.2 Å². The lowest BCUT2D eigenvalue weighted by Crippen LogP contribution is -2.65. The molecule has 66 heavy (non-hydrogen) atoms. The molecule has 0 spiro atoms. The van der Waals surface area contributed by atoms with E-state index in [1.807, 2.05) is 37.1 Å². The van der Waals surface area contributed by atoms with Crippen molar-refractivity contribution in [3.05, 3.63) is 83.5 Å². The third kappa shape index (κ3) is 8.59. The minimum absolute atomic E-state index is 0.0471. The molecule has 8 aromatic rings. The average Bonchev–Trinajstić information content (AvgIpc) is 4.10. The first-order chi connectivity index (χ1) is 31.4. The number of aryl methyl sites for hydroxylation is 2. The predicted octanol–water partition coefficient (Wildman–Crippen LogP) is 10.4. The van der Waals surface area contributed by atoms with E-state index in [4.69, 9.17) is 34.8 Å². The van der Waals surface area contributed by atoms with Crippen molar-refractivity contribution in [2.45, 2.75) is 129 Å². The standard InChI is InChI=1S/C50H59N13OS2/c1-29-37(25-54-55-29)33-11-12-34(45-43(33)52-27-65-45)38-15-17-41(58-56-38)62(10)31-21-49(7,8)61-50(9,24-31)19-20-63(32-22-47(3,4)60-48(5,6)23-32)42-18-16-39(57-59-42)35-13-14-36(40-26-51-30(2)64-40)44-46(35)66-28-53-44/h11-18,25-28,31-32,60-61H,19-24H2,1-10H3,(H,54,55). The molecule has 0 bridgehead atoms. The molecule has 10 rings (SSSR count). The number of anilines is 2. The van der Waals surface area contributed by atoms with Crippen molar-refractivity contribution in [3.8, 4) is 45.0 Å². The van der Waals surface area contributed by atoms with Crippen LogP contribution in [0.5, 0.6) is 0 Å². The van der Waals surface area contributed by atoms with Crippen LogP contribution in [-0.2, 0) is 0 Å². The Balaban J connectivity index is 0.896. The highest BCUT2D eigenvalue weighted by molar-refractivity contribution is 7.17. The summed E-state index contributed by atoms with van der Waals surface area (Å²) in [7, 11) is 2.17. The number of nitrogens with zero attached hydrogens (tertiary/aromatic N) is 10. The molecule has 2 aliphatic rings. The van der Waals surface area contributed by atoms with Crippen LogP contribution in [0.2, 0.25) is 0 Å². The Morgan fingerprint density at radius 2 is 1.20 bits per heavy atom. The average molecular weight is 922 g/mol. The molecule has 16 heteroatoms. The van der Waals surface area contributed by atoms with Crippen LogP contribution >= 0.6 is 22.7 Å². The Kier molecular flexibility index (Phi) is 11.1. The van der Waals surface area contributed by atoms with Gasteiger partial charge in [0.25, 0.3) is 0 Å². The molecule has 2 fully saturated rings. The Bertz CT molecular complexity index is 3000. The Hall–Kier alpha value is -5.68. The van der Waals surface area contributed by atoms with Crippen molar-refractivity contribution in [1.82, 2.24) is 56.2 Å². The smallest absolute Gasteiger partial charge is 0.191 e. The van der Waals surface area contributed by atoms with Crippen molar-refractivity contribution in [1.29, 1.82) is 0 Å². The predicted molar refractivity (Wildman–Crippen MR) is 267 cm³/mol. The summed E-state index contributed by atoms with van der Waals surface area (Å²) >= 11 is 3.23. The first kappa shape index (κ1) is 44.2. The zero-order valence-electron chi connectivity index (χ0n) is 39.5. The number of aromatic amines is 1. The van der Waals surface area contributed by atoms with Gasteiger partial charge in [0.1, 0.15) is 0 Å². The highest BCUT2D eigenvalue weighted by Gasteiger charge is 2.44. The van der Waals surface area contributed by atoms with Crippen molar-refractivity contribution < 1.29 is 4.42 Å². The number of H-pyrrole nitrogens is 1. The van der Waals surface area contributed by atoms with Crippen molar-refractivity contribution in [3.63, 3.8) is 0 Å². The van der Waals surface area contributed by atoms with Gasteiger partial charge in [-0.2, -0.15) is 5.10 Å². The van der Waals surface area contributed by atoms with Crippen LogP contribution in [0.4, 0.5) is 11.6 Å². The number of thiazole rings is 2. The molecule has 3 N–H and O–H groups in total. The second kappa shape index (κ2) is 16.6. The second-order valence-corrected chi connectivity index (χ2v) is 22.4. The zero-order chi connectivity index (χ0) is 46.2. The molecule has 0 amide bonds. The van der Waals surface area contributed by atoms with E-state index in [0.717, 1.165) is 116 Å². The topological polar surface area (TPSA) is 163 Å². The number of nitrogens with one attached hydrogen (secondary N) is 3. The molecule has 0 radical (unpaired) electrons. The molecular weight excluding hydrogens is 863 g/mol. The van der Waals surface area contributed by atoms with E-state index in [2.05, 4.69) is 134 Å². The van der Waals surface area contributed by atoms with E-state index in [0.29, 0.717) is 11.7 Å². The number of aromatic nitrogens is 9. The molecule has 6 aromatic heterocycles. The molecule has 342 valence electrons. The summed E-state index contributed by atoms with van der Waals surface area (Å²) in [5, 5.41) is 34.9. The van der Waals surface area contributed by atoms with Gasteiger partial charge in [-0.3, -0.25) is 5.10 Å². The van der Waals surface area contributed by atoms with Crippen LogP contribution in [-0.4, -0.2) is 93.4 Å². The summed E-state index contributed by atoms with van der Waals surface area (Å²) < 4.78 is 8.02. The highest BCUT2D eigenvalue weighted by Crippen LogP contribution is 2.41. The highest BCUT2D eigenvalue weighted by atomic mass is 32.1. The zero-order valence-corrected chi connectivity index (χ0v) is 41.2. The molecule has 2 aliphatic heterocycles. The Morgan fingerprint density at radius 3 is 1.77 bits per heavy atom. The summed E-state index contributed by atoms with van der Waals surface area (Å²) in [4.78, 5) is 18.7. The van der Waals surface area contributed by atoms with Crippen LogP contribution in [0.1, 0.15) is 92.2 Å². The number of rotatable bonds is 11. The van der Waals surface area contributed by atoms with Gasteiger partial charge in [-0.1, -0.05) is 18.2 Å². The Morgan fingerprint density at radius 1 is 0.621 bits per heavy atom. The fourth-order valence-electron chi connectivity index (χ4n) is 11.2. The van der Waals surface area contributed by atoms with Crippen LogP contribution in [0.25, 0.3) is 65.4 Å². The number of hydrogen-bond acceptors (Lipinski definition) is 15. The Labute approximate surface area is 394 Å². The quantitative estimate of drug-likeness (QED) is 0.112. The minimum atomic E-state index is -0.175. The largest absolute Gasteiger partial charge is 0.441 e. The second-order valence-electron chi connectivity index (χ2n) is 20.7. The maximum absolute atomic E-state index is 5.88. The van der Waals surface area contributed by atoms with E-state index in [1.165, 1.54) is 0 Å². The molecule has 2 unspecified atom stereocenters. The molecular formula is C50H59N13OS2. The molecule has 0 aliphatic carbocycles. The SMILES string of the molecule is Cc1ncc(-c2ccc(-c3ccc(N(CCC4(C)CC(N(C)c5ccc(-c6ccc(-c7cn[nH]c7C)c7ncsc67)nn5)CC(C)(C)N4)C4CC(C)(C)NC(C)(C)C4)nn3)c3scnc23)o1. The molecule has 14 nitrogen and oxygen atoms in total. The van der Waals surface area contributed by atoms with Gasteiger partial charge in [-0.15, -0.1) is 43.1 Å². The van der Waals surface area contributed by atoms with Gasteiger partial charge in [0.05, 0.1) is 55.2 Å². The monoisotopic (exact) mass is 921 g/mol. The summed E-state index contributed by atoms with van der Waals surface area (Å²) in [5.74, 6) is 3.10. The van der Waals surface area contributed by atoms with Gasteiger partial charge in [-0.25, -0.2) is 15.0 Å². The van der Waals surface area contributed by atoms with Crippen molar-refractivity contribution in [2.24, 2.45) is 0 Å². The van der Waals surface area contributed by atoms with E-state index in [9.17, 15) is 0 Å². The van der Waals surface area contributed by atoms with Gasteiger partial charge in [0.2, 0.25) is 0 Å². The van der Waals surface area contributed by atoms with Crippen molar-refractivity contribution in [2.75, 3.05) is 23.4 Å². The van der Waals surface area contributed by atoms with Gasteiger partial charge in [0, 0.05) is 88.3 Å². The van der Waals surface area contributed by atoms with E-state index in [1.54, 1.807) is 28.9 Å². The summed E-state index contributed by atoms with van der Waals surface area (Å²) in [6.45, 7) is 21.0. The van der Waals surface area contributed by atoms with Gasteiger partial charge in [0.15, 0.2) is 23.3 Å². The third-order valence-corrected chi connectivity index (χ3v) is 15.3. The van der Waals surface area contributed by atoms with E-state index >= 15 is 0 Å². The lowest BCUT2D eigenvalue weighted by Gasteiger charge is -2.52. The number of oxazole rings is 1. The summed E-state index contributed by atoms with van der Waals surface area (Å²) in [6, 6.07) is 17.4. The lowest BCUT2D eigenvalue weighted by molar-refractivity contribution is 0.133. The van der Waals surface area contributed by atoms with Crippen LogP contribution in [0, 0.1) is 13.8 Å². The summed E-state index contributed by atoms with van der Waals surface area (Å²) in [6.07, 6.45) is 8.44. The fraction of sp³-hybridized carbons (Fsp3) is 0.440. The maximum atomic E-state index is 5.88. The third-order valence-electron chi connectivity index (χ3n) is 13.6. The molecule has 2 saturated heterocycles. The molecule has 2 atom stereocenters. The van der Waals surface area contributed by atoms with Gasteiger partial charge < -0.3 is 24.9 Å². The minimum Gasteiger partial charge on any atom is -0.441 e. The van der Waals surface area contributed by atoms with Gasteiger partial charge in [-0.05, 0) is 118 Å². The number of piperidine rings is 2.